The van der Waals surface area contributed by atoms with Crippen LogP contribution < -0.4 is 5.73 Å². The Hall–Kier alpha value is -0.120. The number of nitrogens with zero attached hydrogens (tertiary/aromatic N) is 2. The van der Waals surface area contributed by atoms with E-state index >= 15 is 0 Å². The lowest BCUT2D eigenvalue weighted by molar-refractivity contribution is 0.246. The van der Waals surface area contributed by atoms with E-state index in [0.29, 0.717) is 5.92 Å². The molecule has 98 valence electrons. The fourth-order valence-corrected chi connectivity index (χ4v) is 1.89. The SMILES string of the molecule is CCC(CN)CCN(CC)CCCN(C)C. The maximum Gasteiger partial charge on any atom is -0.000667 e. The third kappa shape index (κ3) is 8.08. The summed E-state index contributed by atoms with van der Waals surface area (Å²) in [6, 6.07) is 0. The molecule has 0 radical (unpaired) electrons. The van der Waals surface area contributed by atoms with Crippen molar-refractivity contribution >= 4 is 0 Å². The normalized spacial score (nSPS) is 13.7. The van der Waals surface area contributed by atoms with Crippen molar-refractivity contribution in [3.8, 4) is 0 Å². The molecule has 2 N–H and O–H groups in total. The summed E-state index contributed by atoms with van der Waals surface area (Å²) in [5, 5.41) is 0. The van der Waals surface area contributed by atoms with Crippen LogP contribution in [0.5, 0.6) is 0 Å². The number of nitrogens with two attached hydrogens (primary N) is 1. The molecule has 0 saturated carbocycles. The van der Waals surface area contributed by atoms with Crippen LogP contribution in [0.3, 0.4) is 0 Å². The Bertz CT molecular complexity index is 144. The fraction of sp³-hybridized carbons (Fsp3) is 1.00. The quantitative estimate of drug-likeness (QED) is 0.618. The molecule has 0 aliphatic heterocycles. The zero-order chi connectivity index (χ0) is 12.4. The maximum absolute atomic E-state index is 5.73. The maximum atomic E-state index is 5.73. The molecule has 0 spiro atoms. The van der Waals surface area contributed by atoms with Gasteiger partial charge in [0.25, 0.3) is 0 Å². The minimum Gasteiger partial charge on any atom is -0.330 e. The highest BCUT2D eigenvalue weighted by atomic mass is 15.1. The minimum absolute atomic E-state index is 0.711. The lowest BCUT2D eigenvalue weighted by atomic mass is 10.0. The zero-order valence-corrected chi connectivity index (χ0v) is 11.7. The second kappa shape index (κ2) is 10.1. The molecule has 3 nitrogen and oxygen atoms in total. The summed E-state index contributed by atoms with van der Waals surface area (Å²) < 4.78 is 0. The van der Waals surface area contributed by atoms with E-state index in [1.54, 1.807) is 0 Å². The van der Waals surface area contributed by atoms with E-state index < -0.39 is 0 Å². The van der Waals surface area contributed by atoms with Crippen LogP contribution in [-0.4, -0.2) is 56.6 Å². The molecule has 0 rings (SSSR count). The molecule has 0 aliphatic rings. The van der Waals surface area contributed by atoms with Gasteiger partial charge in [-0.05, 0) is 65.6 Å². The van der Waals surface area contributed by atoms with Crippen LogP contribution in [0.25, 0.3) is 0 Å². The van der Waals surface area contributed by atoms with Gasteiger partial charge in [-0.15, -0.1) is 0 Å². The van der Waals surface area contributed by atoms with Crippen molar-refractivity contribution < 1.29 is 0 Å². The number of rotatable bonds is 10. The summed E-state index contributed by atoms with van der Waals surface area (Å²) in [7, 11) is 4.27. The fourth-order valence-electron chi connectivity index (χ4n) is 1.89. The van der Waals surface area contributed by atoms with E-state index in [1.165, 1.54) is 38.9 Å². The Kier molecular flexibility index (Phi) is 9.99. The summed E-state index contributed by atoms with van der Waals surface area (Å²) in [6.45, 7) is 10.1. The topological polar surface area (TPSA) is 32.5 Å². The van der Waals surface area contributed by atoms with Gasteiger partial charge in [0.15, 0.2) is 0 Å². The van der Waals surface area contributed by atoms with Gasteiger partial charge in [-0.1, -0.05) is 20.3 Å². The van der Waals surface area contributed by atoms with Gasteiger partial charge in [0, 0.05) is 0 Å². The van der Waals surface area contributed by atoms with Gasteiger partial charge in [-0.3, -0.25) is 0 Å². The molecular formula is C13H31N3. The van der Waals surface area contributed by atoms with Crippen molar-refractivity contribution in [2.24, 2.45) is 11.7 Å². The molecule has 0 fully saturated rings. The predicted molar refractivity (Wildman–Crippen MR) is 72.7 cm³/mol. The van der Waals surface area contributed by atoms with Crippen LogP contribution in [-0.2, 0) is 0 Å². The van der Waals surface area contributed by atoms with Crippen LogP contribution in [0.15, 0.2) is 0 Å². The molecule has 0 bridgehead atoms. The average Bonchev–Trinajstić information content (AvgIpc) is 2.27. The predicted octanol–water partition coefficient (Wildman–Crippen LogP) is 1.64. The molecule has 0 amide bonds. The summed E-state index contributed by atoms with van der Waals surface area (Å²) >= 11 is 0. The highest BCUT2D eigenvalue weighted by Crippen LogP contribution is 2.07. The minimum atomic E-state index is 0.711. The lowest BCUT2D eigenvalue weighted by Gasteiger charge is -2.23. The zero-order valence-electron chi connectivity index (χ0n) is 11.7. The molecule has 0 aromatic heterocycles. The highest BCUT2D eigenvalue weighted by molar-refractivity contribution is 4.63. The first kappa shape index (κ1) is 15.9. The van der Waals surface area contributed by atoms with Crippen molar-refractivity contribution in [3.63, 3.8) is 0 Å². The molecule has 1 atom stereocenters. The molecule has 3 heteroatoms. The lowest BCUT2D eigenvalue weighted by Crippen LogP contribution is -2.30. The van der Waals surface area contributed by atoms with Crippen LogP contribution in [0.4, 0.5) is 0 Å². The van der Waals surface area contributed by atoms with Crippen molar-refractivity contribution in [3.05, 3.63) is 0 Å². The second-order valence-electron chi connectivity index (χ2n) is 4.89. The first-order valence-corrected chi connectivity index (χ1v) is 6.71. The number of hydrogen-bond donors (Lipinski definition) is 1. The third-order valence-corrected chi connectivity index (χ3v) is 3.29. The van der Waals surface area contributed by atoms with E-state index in [9.17, 15) is 0 Å². The van der Waals surface area contributed by atoms with Gasteiger partial charge >= 0.3 is 0 Å². The van der Waals surface area contributed by atoms with E-state index in [1.807, 2.05) is 0 Å². The molecule has 0 aromatic carbocycles. The third-order valence-electron chi connectivity index (χ3n) is 3.29. The van der Waals surface area contributed by atoms with Crippen LogP contribution in [0.2, 0.25) is 0 Å². The summed E-state index contributed by atoms with van der Waals surface area (Å²) in [6.07, 6.45) is 3.73. The van der Waals surface area contributed by atoms with Gasteiger partial charge in [-0.2, -0.15) is 0 Å². The van der Waals surface area contributed by atoms with Crippen LogP contribution >= 0.6 is 0 Å². The highest BCUT2D eigenvalue weighted by Gasteiger charge is 2.07. The Balaban J connectivity index is 3.65. The van der Waals surface area contributed by atoms with Gasteiger partial charge in [0.1, 0.15) is 0 Å². The van der Waals surface area contributed by atoms with Crippen LogP contribution in [0, 0.1) is 5.92 Å². The monoisotopic (exact) mass is 229 g/mol. The van der Waals surface area contributed by atoms with E-state index in [-0.39, 0.29) is 0 Å². The second-order valence-corrected chi connectivity index (χ2v) is 4.89. The molecular weight excluding hydrogens is 198 g/mol. The standard InChI is InChI=1S/C13H31N3/c1-5-13(12-14)8-11-16(6-2)10-7-9-15(3)4/h13H,5-12,14H2,1-4H3. The molecule has 0 aliphatic carbocycles. The number of hydrogen-bond acceptors (Lipinski definition) is 3. The van der Waals surface area contributed by atoms with Gasteiger partial charge < -0.3 is 15.5 Å². The Morgan fingerprint density at radius 1 is 1.06 bits per heavy atom. The van der Waals surface area contributed by atoms with E-state index in [4.69, 9.17) is 5.73 Å². The molecule has 16 heavy (non-hydrogen) atoms. The van der Waals surface area contributed by atoms with Crippen molar-refractivity contribution in [2.45, 2.75) is 33.1 Å². The largest absolute Gasteiger partial charge is 0.330 e. The first-order chi connectivity index (χ1) is 7.63. The van der Waals surface area contributed by atoms with Gasteiger partial charge in [-0.25, -0.2) is 0 Å². The molecule has 0 saturated heterocycles. The molecule has 0 aromatic rings. The smallest absolute Gasteiger partial charge is 0.000667 e. The summed E-state index contributed by atoms with van der Waals surface area (Å²) in [5.74, 6) is 0.711. The van der Waals surface area contributed by atoms with E-state index in [2.05, 4.69) is 37.7 Å². The average molecular weight is 229 g/mol. The molecule has 1 unspecified atom stereocenters. The van der Waals surface area contributed by atoms with Crippen LogP contribution in [0.1, 0.15) is 33.1 Å². The van der Waals surface area contributed by atoms with Gasteiger partial charge in [0.2, 0.25) is 0 Å². The Labute approximate surface area is 102 Å². The van der Waals surface area contributed by atoms with E-state index in [0.717, 1.165) is 13.1 Å². The Morgan fingerprint density at radius 3 is 2.19 bits per heavy atom. The Morgan fingerprint density at radius 2 is 1.75 bits per heavy atom. The van der Waals surface area contributed by atoms with Gasteiger partial charge in [0.05, 0.1) is 0 Å². The van der Waals surface area contributed by atoms with Crippen molar-refractivity contribution in [1.82, 2.24) is 9.80 Å². The van der Waals surface area contributed by atoms with Crippen molar-refractivity contribution in [1.29, 1.82) is 0 Å². The van der Waals surface area contributed by atoms with Crippen molar-refractivity contribution in [2.75, 3.05) is 46.8 Å². The first-order valence-electron chi connectivity index (χ1n) is 6.71. The molecule has 0 heterocycles. The summed E-state index contributed by atoms with van der Waals surface area (Å²) in [4.78, 5) is 4.80. The summed E-state index contributed by atoms with van der Waals surface area (Å²) in [5.41, 5.74) is 5.73.